The van der Waals surface area contributed by atoms with Crippen molar-refractivity contribution in [2.75, 3.05) is 7.05 Å². The number of hydrogen-bond acceptors (Lipinski definition) is 4. The van der Waals surface area contributed by atoms with Crippen molar-refractivity contribution in [1.82, 2.24) is 14.7 Å². The van der Waals surface area contributed by atoms with Crippen LogP contribution in [0.5, 0.6) is 5.75 Å². The van der Waals surface area contributed by atoms with Gasteiger partial charge in [0.1, 0.15) is 10.6 Å². The molecule has 29 heavy (non-hydrogen) atoms. The maximum atomic E-state index is 13.0. The summed E-state index contributed by atoms with van der Waals surface area (Å²) in [6.45, 7) is 2.91. The minimum Gasteiger partial charge on any atom is -0.508 e. The quantitative estimate of drug-likeness (QED) is 0.484. The van der Waals surface area contributed by atoms with Gasteiger partial charge >= 0.3 is 0 Å². The van der Waals surface area contributed by atoms with Crippen LogP contribution in [0, 0.1) is 6.92 Å². The molecular formula is C22H20ClN3O2S. The highest BCUT2D eigenvalue weighted by Gasteiger charge is 2.20. The van der Waals surface area contributed by atoms with Crippen LogP contribution in [0.4, 0.5) is 0 Å². The zero-order valence-electron chi connectivity index (χ0n) is 16.1. The molecule has 0 saturated carbocycles. The number of nitrogens with zero attached hydrogens (tertiary/aromatic N) is 3. The number of phenolic OH excluding ortho intramolecular Hbond substituents is 1. The van der Waals surface area contributed by atoms with Gasteiger partial charge < -0.3 is 10.0 Å². The van der Waals surface area contributed by atoms with E-state index in [-0.39, 0.29) is 11.7 Å². The van der Waals surface area contributed by atoms with E-state index in [1.165, 1.54) is 11.3 Å². The van der Waals surface area contributed by atoms with Crippen molar-refractivity contribution >= 4 is 39.1 Å². The molecule has 1 N–H and O–H groups in total. The van der Waals surface area contributed by atoms with Gasteiger partial charge in [0.15, 0.2) is 0 Å². The first-order chi connectivity index (χ1) is 13.9. The van der Waals surface area contributed by atoms with E-state index in [4.69, 9.17) is 11.6 Å². The predicted octanol–water partition coefficient (Wildman–Crippen LogP) is 5.09. The third kappa shape index (κ3) is 3.99. The molecule has 0 spiro atoms. The number of aryl methyl sites for hydroxylation is 1. The number of phenols is 1. The molecule has 0 fully saturated rings. The lowest BCUT2D eigenvalue weighted by Gasteiger charge is -2.17. The molecule has 0 aliphatic carbocycles. The average Bonchev–Trinajstić information content (AvgIpc) is 3.26. The normalized spacial score (nSPS) is 11.1. The summed E-state index contributed by atoms with van der Waals surface area (Å²) in [5.41, 5.74) is 2.71. The van der Waals surface area contributed by atoms with Crippen LogP contribution in [0.25, 0.3) is 10.2 Å². The standard InChI is InChI=1S/C22H20ClN3O2S/c1-14-18-11-20(21(28)25(2)13-16-5-3-4-6-19(16)27)29-22(18)26(24-14)12-15-7-9-17(23)10-8-15/h3-11,27H,12-13H2,1-2H3. The minimum absolute atomic E-state index is 0.0769. The first-order valence-corrected chi connectivity index (χ1v) is 10.4. The van der Waals surface area contributed by atoms with Crippen molar-refractivity contribution in [3.63, 3.8) is 0 Å². The highest BCUT2D eigenvalue weighted by molar-refractivity contribution is 7.20. The first-order valence-electron chi connectivity index (χ1n) is 9.16. The van der Waals surface area contributed by atoms with Gasteiger partial charge in [-0.05, 0) is 36.8 Å². The van der Waals surface area contributed by atoms with Gasteiger partial charge in [-0.1, -0.05) is 41.9 Å². The minimum atomic E-state index is -0.0769. The number of thiophene rings is 1. The van der Waals surface area contributed by atoms with Gasteiger partial charge in [0, 0.05) is 29.6 Å². The summed E-state index contributed by atoms with van der Waals surface area (Å²) in [6.07, 6.45) is 0. The molecule has 7 heteroatoms. The second-order valence-electron chi connectivity index (χ2n) is 6.99. The van der Waals surface area contributed by atoms with Crippen LogP contribution in [0.15, 0.2) is 54.6 Å². The molecule has 4 rings (SSSR count). The molecule has 2 aromatic carbocycles. The molecule has 0 bridgehead atoms. The molecular weight excluding hydrogens is 406 g/mol. The summed E-state index contributed by atoms with van der Waals surface area (Å²) in [5, 5.41) is 16.3. The summed E-state index contributed by atoms with van der Waals surface area (Å²) in [4.78, 5) is 16.2. The van der Waals surface area contributed by atoms with Crippen LogP contribution in [0.3, 0.4) is 0 Å². The van der Waals surface area contributed by atoms with E-state index in [0.29, 0.717) is 23.0 Å². The number of benzene rings is 2. The fraction of sp³-hybridized carbons (Fsp3) is 0.182. The monoisotopic (exact) mass is 425 g/mol. The Bertz CT molecular complexity index is 1180. The average molecular weight is 426 g/mol. The molecule has 2 heterocycles. The third-order valence-electron chi connectivity index (χ3n) is 4.81. The Kier molecular flexibility index (Phi) is 5.30. The molecule has 5 nitrogen and oxygen atoms in total. The molecule has 1 amide bonds. The number of amides is 1. The summed E-state index contributed by atoms with van der Waals surface area (Å²) in [5.74, 6) is 0.116. The second-order valence-corrected chi connectivity index (χ2v) is 8.46. The Morgan fingerprint density at radius 1 is 1.21 bits per heavy atom. The fourth-order valence-electron chi connectivity index (χ4n) is 3.25. The van der Waals surface area contributed by atoms with Crippen LogP contribution >= 0.6 is 22.9 Å². The number of fused-ring (bicyclic) bond motifs is 1. The van der Waals surface area contributed by atoms with E-state index in [0.717, 1.165) is 27.0 Å². The number of aromatic nitrogens is 2. The smallest absolute Gasteiger partial charge is 0.264 e. The van der Waals surface area contributed by atoms with Crippen LogP contribution in [0.1, 0.15) is 26.5 Å². The maximum absolute atomic E-state index is 13.0. The number of carbonyl (C=O) groups is 1. The molecule has 0 aliphatic rings. The Morgan fingerprint density at radius 3 is 2.66 bits per heavy atom. The predicted molar refractivity (Wildman–Crippen MR) is 117 cm³/mol. The van der Waals surface area contributed by atoms with Crippen molar-refractivity contribution in [2.45, 2.75) is 20.0 Å². The largest absolute Gasteiger partial charge is 0.508 e. The van der Waals surface area contributed by atoms with Gasteiger partial charge in [0.05, 0.1) is 17.1 Å². The number of aromatic hydroxyl groups is 1. The number of carbonyl (C=O) groups excluding carboxylic acids is 1. The first kappa shape index (κ1) is 19.5. The van der Waals surface area contributed by atoms with Crippen molar-refractivity contribution in [3.05, 3.63) is 81.3 Å². The lowest BCUT2D eigenvalue weighted by molar-refractivity contribution is 0.0789. The highest BCUT2D eigenvalue weighted by Crippen LogP contribution is 2.30. The van der Waals surface area contributed by atoms with Gasteiger partial charge in [-0.25, -0.2) is 0 Å². The van der Waals surface area contributed by atoms with Gasteiger partial charge in [0.2, 0.25) is 0 Å². The SMILES string of the molecule is Cc1nn(Cc2ccc(Cl)cc2)c2sc(C(=O)N(C)Cc3ccccc3O)cc12. The number of rotatable bonds is 5. The maximum Gasteiger partial charge on any atom is 0.264 e. The summed E-state index contributed by atoms with van der Waals surface area (Å²) in [7, 11) is 1.74. The Balaban J connectivity index is 1.59. The van der Waals surface area contributed by atoms with Gasteiger partial charge in [-0.2, -0.15) is 5.10 Å². The van der Waals surface area contributed by atoms with Crippen molar-refractivity contribution < 1.29 is 9.90 Å². The fourth-order valence-corrected chi connectivity index (χ4v) is 4.53. The second kappa shape index (κ2) is 7.89. The van der Waals surface area contributed by atoms with Gasteiger partial charge in [0.25, 0.3) is 5.91 Å². The zero-order chi connectivity index (χ0) is 20.5. The molecule has 0 radical (unpaired) electrons. The zero-order valence-corrected chi connectivity index (χ0v) is 17.7. The van der Waals surface area contributed by atoms with E-state index in [9.17, 15) is 9.90 Å². The molecule has 0 saturated heterocycles. The number of halogens is 1. The number of para-hydroxylation sites is 1. The third-order valence-corrected chi connectivity index (χ3v) is 6.20. The van der Waals surface area contributed by atoms with E-state index >= 15 is 0 Å². The topological polar surface area (TPSA) is 58.4 Å². The van der Waals surface area contributed by atoms with Crippen LogP contribution in [-0.4, -0.2) is 32.7 Å². The summed E-state index contributed by atoms with van der Waals surface area (Å²) >= 11 is 7.41. The van der Waals surface area contributed by atoms with Crippen molar-refractivity contribution in [3.8, 4) is 5.75 Å². The molecule has 148 valence electrons. The van der Waals surface area contributed by atoms with Crippen LogP contribution in [0.2, 0.25) is 5.02 Å². The molecule has 0 atom stereocenters. The molecule has 0 unspecified atom stereocenters. The van der Waals surface area contributed by atoms with E-state index in [1.807, 2.05) is 54.1 Å². The molecule has 2 aromatic heterocycles. The van der Waals surface area contributed by atoms with Crippen LogP contribution < -0.4 is 0 Å². The van der Waals surface area contributed by atoms with E-state index in [1.54, 1.807) is 24.1 Å². The van der Waals surface area contributed by atoms with Gasteiger partial charge in [-0.3, -0.25) is 9.48 Å². The lowest BCUT2D eigenvalue weighted by Crippen LogP contribution is -2.25. The summed E-state index contributed by atoms with van der Waals surface area (Å²) in [6, 6.07) is 16.6. The van der Waals surface area contributed by atoms with Gasteiger partial charge in [-0.15, -0.1) is 11.3 Å². The number of hydrogen-bond donors (Lipinski definition) is 1. The summed E-state index contributed by atoms with van der Waals surface area (Å²) < 4.78 is 1.93. The van der Waals surface area contributed by atoms with E-state index < -0.39 is 0 Å². The molecule has 4 aromatic rings. The van der Waals surface area contributed by atoms with Crippen molar-refractivity contribution in [1.29, 1.82) is 0 Å². The van der Waals surface area contributed by atoms with Crippen molar-refractivity contribution in [2.24, 2.45) is 0 Å². The Morgan fingerprint density at radius 2 is 1.93 bits per heavy atom. The van der Waals surface area contributed by atoms with Crippen LogP contribution in [-0.2, 0) is 13.1 Å². The van der Waals surface area contributed by atoms with E-state index in [2.05, 4.69) is 5.10 Å². The highest BCUT2D eigenvalue weighted by atomic mass is 35.5. The Labute approximate surface area is 177 Å². The Hall–Kier alpha value is -2.83. The lowest BCUT2D eigenvalue weighted by atomic mass is 10.2. The molecule has 0 aliphatic heterocycles.